The van der Waals surface area contributed by atoms with Crippen molar-refractivity contribution in [2.24, 2.45) is 0 Å². The molecule has 4 heteroatoms. The zero-order chi connectivity index (χ0) is 12.1. The second-order valence-electron chi connectivity index (χ2n) is 3.41. The van der Waals surface area contributed by atoms with E-state index in [0.717, 1.165) is 0 Å². The Morgan fingerprint density at radius 1 is 1.56 bits per heavy atom. The van der Waals surface area contributed by atoms with Crippen LogP contribution in [0.15, 0.2) is 18.2 Å². The van der Waals surface area contributed by atoms with Crippen molar-refractivity contribution in [1.82, 2.24) is 4.90 Å². The van der Waals surface area contributed by atoms with Crippen molar-refractivity contribution in [3.63, 3.8) is 0 Å². The zero-order valence-electron chi connectivity index (χ0n) is 9.33. The number of halogens is 1. The quantitative estimate of drug-likeness (QED) is 0.732. The Labute approximate surface area is 94.1 Å². The van der Waals surface area contributed by atoms with Gasteiger partial charge in [-0.15, -0.1) is 0 Å². The van der Waals surface area contributed by atoms with Crippen molar-refractivity contribution in [2.75, 3.05) is 13.1 Å². The highest BCUT2D eigenvalue weighted by molar-refractivity contribution is 5.94. The molecule has 0 aliphatic rings. The molecular formula is C12H13FN2O. The number of nitriles is 1. The molecule has 0 unspecified atom stereocenters. The molecule has 0 aliphatic heterocycles. The summed E-state index contributed by atoms with van der Waals surface area (Å²) in [5.74, 6) is -0.950. The maximum Gasteiger partial charge on any atom is 0.257 e. The Bertz CT molecular complexity index is 437. The summed E-state index contributed by atoms with van der Waals surface area (Å²) in [7, 11) is 0. The lowest BCUT2D eigenvalue weighted by molar-refractivity contribution is 0.0779. The van der Waals surface area contributed by atoms with Gasteiger partial charge in [0.1, 0.15) is 12.4 Å². The lowest BCUT2D eigenvalue weighted by Crippen LogP contribution is -2.31. The van der Waals surface area contributed by atoms with E-state index in [1.165, 1.54) is 11.0 Å². The van der Waals surface area contributed by atoms with Gasteiger partial charge in [-0.2, -0.15) is 5.26 Å². The normalized spacial score (nSPS) is 9.62. The van der Waals surface area contributed by atoms with E-state index in [0.29, 0.717) is 12.1 Å². The summed E-state index contributed by atoms with van der Waals surface area (Å²) in [5, 5.41) is 8.55. The molecule has 0 saturated heterocycles. The maximum atomic E-state index is 13.7. The second-order valence-corrected chi connectivity index (χ2v) is 3.41. The van der Waals surface area contributed by atoms with Crippen LogP contribution in [0.25, 0.3) is 0 Å². The molecule has 1 amide bonds. The van der Waals surface area contributed by atoms with E-state index in [4.69, 9.17) is 5.26 Å². The van der Waals surface area contributed by atoms with E-state index in [2.05, 4.69) is 0 Å². The minimum absolute atomic E-state index is 0.0251. The van der Waals surface area contributed by atoms with Gasteiger partial charge in [-0.05, 0) is 25.5 Å². The van der Waals surface area contributed by atoms with Crippen molar-refractivity contribution < 1.29 is 9.18 Å². The topological polar surface area (TPSA) is 44.1 Å². The molecule has 0 heterocycles. The van der Waals surface area contributed by atoms with Crippen molar-refractivity contribution in [3.8, 4) is 6.07 Å². The van der Waals surface area contributed by atoms with Crippen molar-refractivity contribution in [2.45, 2.75) is 13.8 Å². The summed E-state index contributed by atoms with van der Waals surface area (Å²) in [6.45, 7) is 3.72. The first kappa shape index (κ1) is 12.2. The van der Waals surface area contributed by atoms with Crippen LogP contribution in [0.5, 0.6) is 0 Å². The number of nitrogens with zero attached hydrogens (tertiary/aromatic N) is 2. The van der Waals surface area contributed by atoms with Crippen LogP contribution < -0.4 is 0 Å². The molecular weight excluding hydrogens is 207 g/mol. The predicted octanol–water partition coefficient (Wildman–Crippen LogP) is 2.12. The highest BCUT2D eigenvalue weighted by atomic mass is 19.1. The minimum Gasteiger partial charge on any atom is -0.326 e. The van der Waals surface area contributed by atoms with E-state index in [1.54, 1.807) is 26.0 Å². The average molecular weight is 220 g/mol. The molecule has 16 heavy (non-hydrogen) atoms. The van der Waals surface area contributed by atoms with Crippen LogP contribution in [0.3, 0.4) is 0 Å². The van der Waals surface area contributed by atoms with E-state index in [9.17, 15) is 9.18 Å². The Hall–Kier alpha value is -1.89. The third kappa shape index (κ3) is 2.37. The standard InChI is InChI=1S/C12H13FN2O/c1-3-15(8-7-14)12(16)10-6-4-5-9(2)11(10)13/h4-6H,3,8H2,1-2H3. The molecule has 0 radical (unpaired) electrons. The number of rotatable bonds is 3. The first-order chi connectivity index (χ1) is 7.61. The summed E-state index contributed by atoms with van der Waals surface area (Å²) < 4.78 is 13.7. The largest absolute Gasteiger partial charge is 0.326 e. The maximum absolute atomic E-state index is 13.7. The van der Waals surface area contributed by atoms with Crippen molar-refractivity contribution >= 4 is 5.91 Å². The van der Waals surface area contributed by atoms with E-state index in [1.807, 2.05) is 6.07 Å². The minimum atomic E-state index is -0.510. The molecule has 1 rings (SSSR count). The third-order valence-corrected chi connectivity index (χ3v) is 2.35. The van der Waals surface area contributed by atoms with Crippen LogP contribution >= 0.6 is 0 Å². The lowest BCUT2D eigenvalue weighted by Gasteiger charge is -2.17. The first-order valence-electron chi connectivity index (χ1n) is 5.03. The molecule has 0 bridgehead atoms. The Morgan fingerprint density at radius 2 is 2.25 bits per heavy atom. The number of carbonyl (C=O) groups excluding carboxylic acids is 1. The molecule has 0 N–H and O–H groups in total. The van der Waals surface area contributed by atoms with Crippen LogP contribution in [0.1, 0.15) is 22.8 Å². The lowest BCUT2D eigenvalue weighted by atomic mass is 10.1. The molecule has 0 spiro atoms. The first-order valence-corrected chi connectivity index (χ1v) is 5.03. The highest BCUT2D eigenvalue weighted by Gasteiger charge is 2.18. The van der Waals surface area contributed by atoms with Gasteiger partial charge in [0.15, 0.2) is 0 Å². The van der Waals surface area contributed by atoms with Gasteiger partial charge in [0.05, 0.1) is 11.6 Å². The van der Waals surface area contributed by atoms with Gasteiger partial charge in [-0.3, -0.25) is 4.79 Å². The number of carbonyl (C=O) groups is 1. The molecule has 0 atom stereocenters. The Kier molecular flexibility index (Phi) is 4.01. The smallest absolute Gasteiger partial charge is 0.257 e. The molecule has 0 aromatic heterocycles. The second kappa shape index (κ2) is 5.26. The number of aryl methyl sites for hydroxylation is 1. The number of hydrogen-bond acceptors (Lipinski definition) is 2. The fourth-order valence-electron chi connectivity index (χ4n) is 1.40. The molecule has 0 aliphatic carbocycles. The van der Waals surface area contributed by atoms with Gasteiger partial charge in [0, 0.05) is 6.54 Å². The summed E-state index contributed by atoms with van der Waals surface area (Å²) >= 11 is 0. The molecule has 1 aromatic rings. The van der Waals surface area contributed by atoms with E-state index >= 15 is 0 Å². The van der Waals surface area contributed by atoms with Crippen LogP contribution in [0.4, 0.5) is 4.39 Å². The molecule has 0 fully saturated rings. The number of hydrogen-bond donors (Lipinski definition) is 0. The van der Waals surface area contributed by atoms with Gasteiger partial charge < -0.3 is 4.90 Å². The highest BCUT2D eigenvalue weighted by Crippen LogP contribution is 2.14. The van der Waals surface area contributed by atoms with Crippen molar-refractivity contribution in [1.29, 1.82) is 5.26 Å². The van der Waals surface area contributed by atoms with Crippen LogP contribution in [-0.2, 0) is 0 Å². The third-order valence-electron chi connectivity index (χ3n) is 2.35. The number of amides is 1. The van der Waals surface area contributed by atoms with E-state index in [-0.39, 0.29) is 12.1 Å². The average Bonchev–Trinajstić information content (AvgIpc) is 2.29. The summed E-state index contributed by atoms with van der Waals surface area (Å²) in [4.78, 5) is 13.2. The Balaban J connectivity index is 3.05. The fraction of sp³-hybridized carbons (Fsp3) is 0.333. The zero-order valence-corrected chi connectivity index (χ0v) is 9.33. The fourth-order valence-corrected chi connectivity index (χ4v) is 1.40. The molecule has 0 saturated carbocycles. The van der Waals surface area contributed by atoms with Crippen LogP contribution in [0.2, 0.25) is 0 Å². The summed E-state index contributed by atoms with van der Waals surface area (Å²) in [5.41, 5.74) is 0.455. The van der Waals surface area contributed by atoms with E-state index < -0.39 is 11.7 Å². The predicted molar refractivity (Wildman–Crippen MR) is 58.3 cm³/mol. The summed E-state index contributed by atoms with van der Waals surface area (Å²) in [6, 6.07) is 6.56. The molecule has 84 valence electrons. The van der Waals surface area contributed by atoms with Gasteiger partial charge in [-0.25, -0.2) is 4.39 Å². The SMILES string of the molecule is CCN(CC#N)C(=O)c1cccc(C)c1F. The molecule has 3 nitrogen and oxygen atoms in total. The Morgan fingerprint density at radius 3 is 2.81 bits per heavy atom. The molecule has 1 aromatic carbocycles. The summed E-state index contributed by atoms with van der Waals surface area (Å²) in [6.07, 6.45) is 0. The van der Waals surface area contributed by atoms with Gasteiger partial charge in [0.2, 0.25) is 0 Å². The van der Waals surface area contributed by atoms with Gasteiger partial charge in [0.25, 0.3) is 5.91 Å². The van der Waals surface area contributed by atoms with Crippen LogP contribution in [0, 0.1) is 24.1 Å². The van der Waals surface area contributed by atoms with Crippen molar-refractivity contribution in [3.05, 3.63) is 35.1 Å². The number of benzene rings is 1. The van der Waals surface area contributed by atoms with Gasteiger partial charge >= 0.3 is 0 Å². The van der Waals surface area contributed by atoms with Crippen LogP contribution in [-0.4, -0.2) is 23.9 Å². The monoisotopic (exact) mass is 220 g/mol. The van der Waals surface area contributed by atoms with Gasteiger partial charge in [-0.1, -0.05) is 12.1 Å².